The van der Waals surface area contributed by atoms with Crippen LogP contribution >= 0.6 is 0 Å². The highest BCUT2D eigenvalue weighted by Gasteiger charge is 2.02. The van der Waals surface area contributed by atoms with Crippen molar-refractivity contribution in [2.45, 2.75) is 32.3 Å². The molecule has 0 unspecified atom stereocenters. The van der Waals surface area contributed by atoms with Crippen LogP contribution in [0.4, 0.5) is 0 Å². The van der Waals surface area contributed by atoms with Gasteiger partial charge in [0.25, 0.3) is 0 Å². The highest BCUT2D eigenvalue weighted by molar-refractivity contribution is 5.79. The maximum absolute atomic E-state index is 11.4. The van der Waals surface area contributed by atoms with Gasteiger partial charge in [0.2, 0.25) is 0 Å². The van der Waals surface area contributed by atoms with Crippen LogP contribution in [0.2, 0.25) is 0 Å². The lowest BCUT2D eigenvalue weighted by molar-refractivity contribution is -0.124. The van der Waals surface area contributed by atoms with E-state index in [9.17, 15) is 4.79 Å². The van der Waals surface area contributed by atoms with E-state index in [2.05, 4.69) is 0 Å². The predicted molar refractivity (Wildman–Crippen MR) is 68.6 cm³/mol. The predicted octanol–water partition coefficient (Wildman–Crippen LogP) is 2.29. The molecule has 3 heteroatoms. The number of rotatable bonds is 9. The van der Waals surface area contributed by atoms with Crippen LogP contribution in [0, 0.1) is 0 Å². The SMILES string of the molecule is NCCCCCC(=O)COCc1ccccc1. The molecule has 0 aliphatic carbocycles. The number of ether oxygens (including phenoxy) is 1. The third kappa shape index (κ3) is 6.87. The van der Waals surface area contributed by atoms with Crippen molar-refractivity contribution >= 4 is 5.78 Å². The van der Waals surface area contributed by atoms with Crippen LogP contribution in [0.5, 0.6) is 0 Å². The van der Waals surface area contributed by atoms with E-state index in [1.54, 1.807) is 0 Å². The molecule has 94 valence electrons. The Bertz CT molecular complexity index is 311. The molecule has 0 bridgehead atoms. The van der Waals surface area contributed by atoms with Crippen molar-refractivity contribution in [2.75, 3.05) is 13.2 Å². The van der Waals surface area contributed by atoms with E-state index >= 15 is 0 Å². The van der Waals surface area contributed by atoms with Crippen LogP contribution in [0.3, 0.4) is 0 Å². The molecule has 0 amide bonds. The molecule has 2 N–H and O–H groups in total. The summed E-state index contributed by atoms with van der Waals surface area (Å²) in [6.45, 7) is 1.44. The minimum absolute atomic E-state index is 0.179. The Morgan fingerprint density at radius 3 is 2.59 bits per heavy atom. The van der Waals surface area contributed by atoms with Gasteiger partial charge in [-0.3, -0.25) is 4.79 Å². The zero-order valence-corrected chi connectivity index (χ0v) is 10.2. The summed E-state index contributed by atoms with van der Waals surface area (Å²) < 4.78 is 5.36. The summed E-state index contributed by atoms with van der Waals surface area (Å²) >= 11 is 0. The fourth-order valence-corrected chi connectivity index (χ4v) is 1.57. The van der Waals surface area contributed by atoms with Crippen LogP contribution in [-0.4, -0.2) is 18.9 Å². The molecule has 0 spiro atoms. The van der Waals surface area contributed by atoms with E-state index in [0.717, 1.165) is 24.8 Å². The summed E-state index contributed by atoms with van der Waals surface area (Å²) in [7, 11) is 0. The zero-order chi connectivity index (χ0) is 12.3. The molecule has 0 saturated carbocycles. The molecule has 0 heterocycles. The highest BCUT2D eigenvalue weighted by atomic mass is 16.5. The van der Waals surface area contributed by atoms with Crippen molar-refractivity contribution in [3.05, 3.63) is 35.9 Å². The van der Waals surface area contributed by atoms with E-state index in [4.69, 9.17) is 10.5 Å². The summed E-state index contributed by atoms with van der Waals surface area (Å²) in [6.07, 6.45) is 3.55. The van der Waals surface area contributed by atoms with Crippen molar-refractivity contribution in [2.24, 2.45) is 5.73 Å². The number of hydrogen-bond donors (Lipinski definition) is 1. The molecule has 0 atom stereocenters. The summed E-state index contributed by atoms with van der Waals surface area (Å²) in [5.41, 5.74) is 6.48. The number of unbranched alkanes of at least 4 members (excludes halogenated alkanes) is 2. The fraction of sp³-hybridized carbons (Fsp3) is 0.500. The maximum atomic E-state index is 11.4. The molecule has 1 rings (SSSR count). The van der Waals surface area contributed by atoms with E-state index in [1.165, 1.54) is 0 Å². The van der Waals surface area contributed by atoms with Gasteiger partial charge in [-0.25, -0.2) is 0 Å². The molecule has 0 radical (unpaired) electrons. The molecular formula is C14H21NO2. The normalized spacial score (nSPS) is 10.4. The van der Waals surface area contributed by atoms with Crippen molar-refractivity contribution < 1.29 is 9.53 Å². The summed E-state index contributed by atoms with van der Waals surface area (Å²) in [5, 5.41) is 0. The summed E-state index contributed by atoms with van der Waals surface area (Å²) in [6, 6.07) is 9.88. The Morgan fingerprint density at radius 1 is 1.12 bits per heavy atom. The average molecular weight is 235 g/mol. The Labute approximate surface area is 103 Å². The van der Waals surface area contributed by atoms with E-state index < -0.39 is 0 Å². The van der Waals surface area contributed by atoms with Crippen molar-refractivity contribution in [1.29, 1.82) is 0 Å². The average Bonchev–Trinajstić information content (AvgIpc) is 2.36. The minimum atomic E-state index is 0.179. The number of ketones is 1. The molecule has 0 aliphatic heterocycles. The standard InChI is InChI=1S/C14H21NO2/c15-10-6-2-5-9-14(16)12-17-11-13-7-3-1-4-8-13/h1,3-4,7-8H,2,5-6,9-12,15H2. The van der Waals surface area contributed by atoms with Gasteiger partial charge in [-0.05, 0) is 24.9 Å². The lowest BCUT2D eigenvalue weighted by Crippen LogP contribution is -2.08. The van der Waals surface area contributed by atoms with Gasteiger partial charge in [0.1, 0.15) is 6.61 Å². The van der Waals surface area contributed by atoms with Crippen molar-refractivity contribution in [3.8, 4) is 0 Å². The van der Waals surface area contributed by atoms with E-state index in [0.29, 0.717) is 19.6 Å². The van der Waals surface area contributed by atoms with Crippen LogP contribution in [0.15, 0.2) is 30.3 Å². The van der Waals surface area contributed by atoms with Crippen LogP contribution in [0.25, 0.3) is 0 Å². The van der Waals surface area contributed by atoms with Crippen LogP contribution in [0.1, 0.15) is 31.2 Å². The Morgan fingerprint density at radius 2 is 1.88 bits per heavy atom. The van der Waals surface area contributed by atoms with Crippen LogP contribution < -0.4 is 5.73 Å². The quantitative estimate of drug-likeness (QED) is 0.668. The molecule has 17 heavy (non-hydrogen) atoms. The largest absolute Gasteiger partial charge is 0.369 e. The Hall–Kier alpha value is -1.19. The topological polar surface area (TPSA) is 52.3 Å². The van der Waals surface area contributed by atoms with Gasteiger partial charge in [-0.2, -0.15) is 0 Å². The second-order valence-electron chi connectivity index (χ2n) is 4.12. The van der Waals surface area contributed by atoms with Crippen LogP contribution in [-0.2, 0) is 16.1 Å². The second-order valence-corrected chi connectivity index (χ2v) is 4.12. The van der Waals surface area contributed by atoms with Gasteiger partial charge >= 0.3 is 0 Å². The molecule has 0 aromatic heterocycles. The smallest absolute Gasteiger partial charge is 0.158 e. The molecule has 1 aromatic rings. The first-order valence-electron chi connectivity index (χ1n) is 6.16. The fourth-order valence-electron chi connectivity index (χ4n) is 1.57. The molecule has 1 aromatic carbocycles. The summed E-state index contributed by atoms with van der Waals surface area (Å²) in [5.74, 6) is 0.179. The van der Waals surface area contributed by atoms with Gasteiger partial charge in [0.05, 0.1) is 6.61 Å². The first-order chi connectivity index (χ1) is 8.33. The van der Waals surface area contributed by atoms with E-state index in [1.807, 2.05) is 30.3 Å². The van der Waals surface area contributed by atoms with Gasteiger partial charge in [-0.15, -0.1) is 0 Å². The molecule has 0 aliphatic rings. The molecule has 0 fully saturated rings. The van der Waals surface area contributed by atoms with Gasteiger partial charge in [0, 0.05) is 6.42 Å². The Kier molecular flexibility index (Phi) is 7.27. The third-order valence-corrected chi connectivity index (χ3v) is 2.53. The Balaban J connectivity index is 2.04. The van der Waals surface area contributed by atoms with Gasteiger partial charge in [0.15, 0.2) is 5.78 Å². The third-order valence-electron chi connectivity index (χ3n) is 2.53. The number of carbonyl (C=O) groups excluding carboxylic acids is 1. The highest BCUT2D eigenvalue weighted by Crippen LogP contribution is 2.03. The number of Topliss-reactive ketones (excluding diaryl/α,β-unsaturated/α-hetero) is 1. The molecule has 3 nitrogen and oxygen atoms in total. The minimum Gasteiger partial charge on any atom is -0.369 e. The molecular weight excluding hydrogens is 214 g/mol. The second kappa shape index (κ2) is 8.90. The lowest BCUT2D eigenvalue weighted by Gasteiger charge is -2.03. The summed E-state index contributed by atoms with van der Waals surface area (Å²) in [4.78, 5) is 11.4. The number of benzene rings is 1. The van der Waals surface area contributed by atoms with Gasteiger partial charge < -0.3 is 10.5 Å². The maximum Gasteiger partial charge on any atom is 0.158 e. The monoisotopic (exact) mass is 235 g/mol. The van der Waals surface area contributed by atoms with Crippen molar-refractivity contribution in [1.82, 2.24) is 0 Å². The first kappa shape index (κ1) is 13.9. The number of hydrogen-bond acceptors (Lipinski definition) is 3. The van der Waals surface area contributed by atoms with E-state index in [-0.39, 0.29) is 12.4 Å². The lowest BCUT2D eigenvalue weighted by atomic mass is 10.1. The number of nitrogens with two attached hydrogens (primary N) is 1. The zero-order valence-electron chi connectivity index (χ0n) is 10.2. The molecule has 0 saturated heterocycles. The van der Waals surface area contributed by atoms with Gasteiger partial charge in [-0.1, -0.05) is 36.8 Å². The van der Waals surface area contributed by atoms with Crippen molar-refractivity contribution in [3.63, 3.8) is 0 Å². The number of carbonyl (C=O) groups is 1. The first-order valence-corrected chi connectivity index (χ1v) is 6.16.